The Morgan fingerprint density at radius 2 is 2.22 bits per heavy atom. The van der Waals surface area contributed by atoms with Crippen LogP contribution in [0.3, 0.4) is 0 Å². The van der Waals surface area contributed by atoms with Gasteiger partial charge in [-0.25, -0.2) is 5.43 Å². The van der Waals surface area contributed by atoms with Crippen LogP contribution in [0.5, 0.6) is 11.5 Å². The van der Waals surface area contributed by atoms with Crippen LogP contribution in [0.25, 0.3) is 0 Å². The first kappa shape index (κ1) is 17.0. The molecule has 1 amide bonds. The second-order valence-electron chi connectivity index (χ2n) is 4.81. The third-order valence-corrected chi connectivity index (χ3v) is 3.84. The van der Waals surface area contributed by atoms with Crippen LogP contribution in [0.2, 0.25) is 0 Å². The molecule has 0 aliphatic heterocycles. The second kappa shape index (κ2) is 8.95. The molecule has 1 heterocycles. The number of nitrogens with zero attached hydrogens (tertiary/aromatic N) is 1. The fourth-order valence-electron chi connectivity index (χ4n) is 1.89. The van der Waals surface area contributed by atoms with E-state index in [1.54, 1.807) is 24.7 Å². The van der Waals surface area contributed by atoms with Crippen LogP contribution in [0.1, 0.15) is 23.8 Å². The zero-order valence-corrected chi connectivity index (χ0v) is 14.1. The summed E-state index contributed by atoms with van der Waals surface area (Å²) in [6, 6.07) is 9.37. The van der Waals surface area contributed by atoms with E-state index in [4.69, 9.17) is 9.47 Å². The lowest BCUT2D eigenvalue weighted by atomic mass is 10.2. The lowest BCUT2D eigenvalue weighted by molar-refractivity contribution is -0.120. The lowest BCUT2D eigenvalue weighted by Crippen LogP contribution is -2.19. The molecule has 0 bridgehead atoms. The predicted molar refractivity (Wildman–Crippen MR) is 92.5 cm³/mol. The maximum atomic E-state index is 11.7. The van der Waals surface area contributed by atoms with Crippen molar-refractivity contribution in [3.63, 3.8) is 0 Å². The number of amides is 1. The summed E-state index contributed by atoms with van der Waals surface area (Å²) in [7, 11) is 1.60. The van der Waals surface area contributed by atoms with Gasteiger partial charge in [-0.1, -0.05) is 13.0 Å². The largest absolute Gasteiger partial charge is 0.493 e. The highest BCUT2D eigenvalue weighted by Gasteiger charge is 2.05. The number of rotatable bonds is 8. The summed E-state index contributed by atoms with van der Waals surface area (Å²) in [4.78, 5) is 12.7. The summed E-state index contributed by atoms with van der Waals surface area (Å²) in [5, 5.41) is 5.92. The molecular formula is C17H20N2O3S. The quantitative estimate of drug-likeness (QED) is 0.596. The number of benzene rings is 1. The molecule has 0 radical (unpaired) electrons. The van der Waals surface area contributed by atoms with E-state index >= 15 is 0 Å². The number of ether oxygens (including phenoxy) is 2. The van der Waals surface area contributed by atoms with Gasteiger partial charge in [0.05, 0.1) is 26.4 Å². The summed E-state index contributed by atoms with van der Waals surface area (Å²) in [5.41, 5.74) is 3.34. The Bertz CT molecular complexity index is 654. The van der Waals surface area contributed by atoms with E-state index in [1.165, 1.54) is 0 Å². The first-order valence-corrected chi connectivity index (χ1v) is 8.26. The number of hydrazone groups is 1. The molecular weight excluding hydrogens is 312 g/mol. The summed E-state index contributed by atoms with van der Waals surface area (Å²) in [6.45, 7) is 2.69. The van der Waals surface area contributed by atoms with E-state index in [9.17, 15) is 4.79 Å². The van der Waals surface area contributed by atoms with Gasteiger partial charge in [-0.3, -0.25) is 4.79 Å². The third kappa shape index (κ3) is 5.41. The Labute approximate surface area is 139 Å². The average molecular weight is 332 g/mol. The number of nitrogens with one attached hydrogen (secondary N) is 1. The van der Waals surface area contributed by atoms with Crippen LogP contribution in [0.4, 0.5) is 0 Å². The van der Waals surface area contributed by atoms with Crippen LogP contribution >= 0.6 is 11.3 Å². The van der Waals surface area contributed by atoms with Gasteiger partial charge in [0.25, 0.3) is 0 Å². The van der Waals surface area contributed by atoms with Gasteiger partial charge in [-0.2, -0.15) is 5.10 Å². The van der Waals surface area contributed by atoms with Gasteiger partial charge in [-0.15, -0.1) is 11.3 Å². The summed E-state index contributed by atoms with van der Waals surface area (Å²) in [5.74, 6) is 1.21. The van der Waals surface area contributed by atoms with Crippen molar-refractivity contribution in [3.8, 4) is 11.5 Å². The SMILES string of the molecule is CCCOc1ccc(C=NNC(=O)Cc2cccs2)cc1OC. The van der Waals surface area contributed by atoms with E-state index in [2.05, 4.69) is 10.5 Å². The van der Waals surface area contributed by atoms with Crippen LogP contribution in [0, 0.1) is 0 Å². The maximum absolute atomic E-state index is 11.7. The molecule has 0 saturated heterocycles. The zero-order chi connectivity index (χ0) is 16.5. The molecule has 1 N–H and O–H groups in total. The van der Waals surface area contributed by atoms with E-state index in [-0.39, 0.29) is 5.91 Å². The van der Waals surface area contributed by atoms with Crippen molar-refractivity contribution < 1.29 is 14.3 Å². The summed E-state index contributed by atoms with van der Waals surface area (Å²) >= 11 is 1.55. The minimum Gasteiger partial charge on any atom is -0.493 e. The molecule has 122 valence electrons. The monoisotopic (exact) mass is 332 g/mol. The standard InChI is InChI=1S/C17H20N2O3S/c1-3-8-22-15-7-6-13(10-16(15)21-2)12-18-19-17(20)11-14-5-4-9-23-14/h4-7,9-10,12H,3,8,11H2,1-2H3,(H,19,20). The molecule has 23 heavy (non-hydrogen) atoms. The Morgan fingerprint density at radius 3 is 2.91 bits per heavy atom. The fraction of sp³-hybridized carbons (Fsp3) is 0.294. The Morgan fingerprint density at radius 1 is 1.35 bits per heavy atom. The van der Waals surface area contributed by atoms with Crippen molar-refractivity contribution in [2.75, 3.05) is 13.7 Å². The van der Waals surface area contributed by atoms with Crippen molar-refractivity contribution in [3.05, 3.63) is 46.2 Å². The van der Waals surface area contributed by atoms with E-state index in [1.807, 2.05) is 42.6 Å². The zero-order valence-electron chi connectivity index (χ0n) is 13.2. The molecule has 0 aliphatic carbocycles. The van der Waals surface area contributed by atoms with Crippen LogP contribution in [-0.2, 0) is 11.2 Å². The minimum absolute atomic E-state index is 0.140. The van der Waals surface area contributed by atoms with Crippen molar-refractivity contribution in [1.82, 2.24) is 5.43 Å². The van der Waals surface area contributed by atoms with Crippen LogP contribution in [-0.4, -0.2) is 25.8 Å². The first-order chi connectivity index (χ1) is 11.2. The Hall–Kier alpha value is -2.34. The molecule has 5 nitrogen and oxygen atoms in total. The predicted octanol–water partition coefficient (Wildman–Crippen LogP) is 3.24. The molecule has 1 aromatic heterocycles. The number of methoxy groups -OCH3 is 1. The van der Waals surface area contributed by atoms with Crippen LogP contribution < -0.4 is 14.9 Å². The highest BCUT2D eigenvalue weighted by atomic mass is 32.1. The molecule has 2 rings (SSSR count). The van der Waals surface area contributed by atoms with Gasteiger partial charge in [-0.05, 0) is 41.6 Å². The summed E-state index contributed by atoms with van der Waals surface area (Å²) < 4.78 is 10.9. The smallest absolute Gasteiger partial charge is 0.245 e. The van der Waals surface area contributed by atoms with Gasteiger partial charge in [0, 0.05) is 4.88 Å². The Balaban J connectivity index is 1.92. The van der Waals surface area contributed by atoms with Gasteiger partial charge < -0.3 is 9.47 Å². The van der Waals surface area contributed by atoms with E-state index in [0.717, 1.165) is 16.9 Å². The van der Waals surface area contributed by atoms with Gasteiger partial charge in [0.1, 0.15) is 0 Å². The topological polar surface area (TPSA) is 59.9 Å². The van der Waals surface area contributed by atoms with Gasteiger partial charge >= 0.3 is 0 Å². The molecule has 0 unspecified atom stereocenters. The number of thiophene rings is 1. The fourth-order valence-corrected chi connectivity index (χ4v) is 2.59. The molecule has 2 aromatic rings. The molecule has 6 heteroatoms. The summed E-state index contributed by atoms with van der Waals surface area (Å²) in [6.07, 6.45) is 2.85. The second-order valence-corrected chi connectivity index (χ2v) is 5.84. The molecule has 1 aromatic carbocycles. The highest BCUT2D eigenvalue weighted by molar-refractivity contribution is 7.10. The highest BCUT2D eigenvalue weighted by Crippen LogP contribution is 2.27. The molecule has 0 saturated carbocycles. The maximum Gasteiger partial charge on any atom is 0.245 e. The third-order valence-electron chi connectivity index (χ3n) is 2.97. The molecule has 0 aliphatic rings. The number of carbonyl (C=O) groups excluding carboxylic acids is 1. The van der Waals surface area contributed by atoms with Crippen molar-refractivity contribution >= 4 is 23.5 Å². The minimum atomic E-state index is -0.140. The van der Waals surface area contributed by atoms with Gasteiger partial charge in [0.2, 0.25) is 5.91 Å². The number of hydrogen-bond donors (Lipinski definition) is 1. The lowest BCUT2D eigenvalue weighted by Gasteiger charge is -2.10. The first-order valence-electron chi connectivity index (χ1n) is 7.38. The normalized spacial score (nSPS) is 10.7. The van der Waals surface area contributed by atoms with E-state index < -0.39 is 0 Å². The van der Waals surface area contributed by atoms with Gasteiger partial charge in [0.15, 0.2) is 11.5 Å². The molecule has 0 atom stereocenters. The number of hydrogen-bond acceptors (Lipinski definition) is 5. The Kier molecular flexibility index (Phi) is 6.62. The van der Waals surface area contributed by atoms with Crippen molar-refractivity contribution in [2.24, 2.45) is 5.10 Å². The van der Waals surface area contributed by atoms with Crippen LogP contribution in [0.15, 0.2) is 40.8 Å². The molecule has 0 spiro atoms. The van der Waals surface area contributed by atoms with E-state index in [0.29, 0.717) is 24.5 Å². The van der Waals surface area contributed by atoms with Crippen molar-refractivity contribution in [2.45, 2.75) is 19.8 Å². The van der Waals surface area contributed by atoms with Crippen molar-refractivity contribution in [1.29, 1.82) is 0 Å². The average Bonchev–Trinajstić information content (AvgIpc) is 3.06. The number of carbonyl (C=O) groups is 1. The molecule has 0 fully saturated rings.